The van der Waals surface area contributed by atoms with Crippen LogP contribution in [0.4, 0.5) is 22.7 Å². The van der Waals surface area contributed by atoms with Crippen molar-refractivity contribution in [2.24, 2.45) is 11.8 Å². The van der Waals surface area contributed by atoms with E-state index in [-0.39, 0.29) is 35.5 Å². The summed E-state index contributed by atoms with van der Waals surface area (Å²) in [5.74, 6) is -0.315. The molecule has 0 aliphatic rings. The summed E-state index contributed by atoms with van der Waals surface area (Å²) in [6.07, 6.45) is 2.58. The molecular formula is C36H44N4O4. The zero-order valence-corrected chi connectivity index (χ0v) is 26.5. The lowest BCUT2D eigenvalue weighted by atomic mass is 10.1. The largest absolute Gasteiger partial charge is 0.325 e. The van der Waals surface area contributed by atoms with Crippen LogP contribution < -0.4 is 21.3 Å². The number of benzene rings is 4. The fraction of sp³-hybridized carbons (Fsp3) is 0.333. The standard InChI is InChI=1S/2C18H22N2O2/c1-11(2)17(21)19-14-9-5-7-13-8-6-10-15(16(13)14)20-18(22)12(3)4;1-3-7-16(21)19-14-11-5-9-13-10-6-12-15(18(13)14)20-17(22)8-4-2/h5-12H,1-4H3,(H,19,21)(H,20,22);5-6,9-12H,3-4,7-8H2,1-2H3,(H,19,21)(H,20,22). The van der Waals surface area contributed by atoms with Gasteiger partial charge in [-0.15, -0.1) is 0 Å². The molecule has 4 rings (SSSR count). The van der Waals surface area contributed by atoms with Crippen molar-refractivity contribution in [2.45, 2.75) is 67.2 Å². The molecule has 0 aliphatic carbocycles. The molecule has 44 heavy (non-hydrogen) atoms. The maximum Gasteiger partial charge on any atom is 0.226 e. The summed E-state index contributed by atoms with van der Waals surface area (Å²) < 4.78 is 0. The van der Waals surface area contributed by atoms with Crippen molar-refractivity contribution in [3.63, 3.8) is 0 Å². The van der Waals surface area contributed by atoms with Crippen LogP contribution in [0.25, 0.3) is 21.5 Å². The first-order valence-electron chi connectivity index (χ1n) is 15.3. The highest BCUT2D eigenvalue weighted by molar-refractivity contribution is 6.12. The number of anilines is 4. The molecule has 0 bridgehead atoms. The Bertz CT molecular complexity index is 1520. The van der Waals surface area contributed by atoms with Gasteiger partial charge in [0, 0.05) is 35.4 Å². The van der Waals surface area contributed by atoms with Crippen molar-refractivity contribution >= 4 is 67.9 Å². The van der Waals surface area contributed by atoms with Gasteiger partial charge < -0.3 is 21.3 Å². The Morgan fingerprint density at radius 2 is 0.795 bits per heavy atom. The van der Waals surface area contributed by atoms with Crippen molar-refractivity contribution < 1.29 is 19.2 Å². The number of carbonyl (C=O) groups excluding carboxylic acids is 4. The van der Waals surface area contributed by atoms with Crippen molar-refractivity contribution in [3.05, 3.63) is 72.8 Å². The highest BCUT2D eigenvalue weighted by atomic mass is 16.2. The predicted molar refractivity (Wildman–Crippen MR) is 182 cm³/mol. The van der Waals surface area contributed by atoms with Gasteiger partial charge >= 0.3 is 0 Å². The molecule has 8 nitrogen and oxygen atoms in total. The molecule has 0 spiro atoms. The molecule has 4 N–H and O–H groups in total. The summed E-state index contributed by atoms with van der Waals surface area (Å²) in [6.45, 7) is 11.3. The summed E-state index contributed by atoms with van der Waals surface area (Å²) in [6, 6.07) is 22.9. The molecule has 232 valence electrons. The minimum atomic E-state index is -0.104. The molecule has 0 radical (unpaired) electrons. The van der Waals surface area contributed by atoms with Crippen molar-refractivity contribution in [3.8, 4) is 0 Å². The minimum absolute atomic E-state index is 0.00955. The third-order valence-electron chi connectivity index (χ3n) is 6.88. The monoisotopic (exact) mass is 596 g/mol. The van der Waals surface area contributed by atoms with Crippen LogP contribution in [0, 0.1) is 11.8 Å². The van der Waals surface area contributed by atoms with E-state index in [9.17, 15) is 19.2 Å². The van der Waals surface area contributed by atoms with Crippen LogP contribution in [0.5, 0.6) is 0 Å². The van der Waals surface area contributed by atoms with Gasteiger partial charge in [-0.1, -0.05) is 90.1 Å². The van der Waals surface area contributed by atoms with Crippen LogP contribution in [0.2, 0.25) is 0 Å². The number of hydrogen-bond acceptors (Lipinski definition) is 4. The summed E-state index contributed by atoms with van der Waals surface area (Å²) in [5.41, 5.74) is 2.92. The SMILES string of the molecule is CC(C)C(=O)Nc1cccc2cccc(NC(=O)C(C)C)c12.CCCC(=O)Nc1cccc2cccc(NC(=O)CCC)c12. The average Bonchev–Trinajstić information content (AvgIpc) is 2.98. The first-order valence-corrected chi connectivity index (χ1v) is 15.3. The fourth-order valence-corrected chi connectivity index (χ4v) is 4.53. The van der Waals surface area contributed by atoms with E-state index in [2.05, 4.69) is 21.3 Å². The third-order valence-corrected chi connectivity index (χ3v) is 6.88. The molecule has 0 heterocycles. The van der Waals surface area contributed by atoms with Gasteiger partial charge in [0.2, 0.25) is 23.6 Å². The molecule has 0 fully saturated rings. The first kappa shape index (κ1) is 33.8. The normalized spacial score (nSPS) is 10.7. The van der Waals surface area contributed by atoms with E-state index in [1.807, 2.05) is 114 Å². The lowest BCUT2D eigenvalue weighted by Gasteiger charge is -2.15. The maximum absolute atomic E-state index is 12.0. The molecule has 4 amide bonds. The highest BCUT2D eigenvalue weighted by Crippen LogP contribution is 2.32. The van der Waals surface area contributed by atoms with E-state index in [1.54, 1.807) is 0 Å². The summed E-state index contributed by atoms with van der Waals surface area (Å²) >= 11 is 0. The van der Waals surface area contributed by atoms with Gasteiger partial charge in [-0.05, 0) is 47.9 Å². The number of carbonyl (C=O) groups is 4. The number of hydrogen-bond donors (Lipinski definition) is 4. The van der Waals surface area contributed by atoms with Crippen LogP contribution in [0.1, 0.15) is 67.2 Å². The van der Waals surface area contributed by atoms with Crippen molar-refractivity contribution in [1.29, 1.82) is 0 Å². The van der Waals surface area contributed by atoms with Gasteiger partial charge in [0.15, 0.2) is 0 Å². The molecule has 8 heteroatoms. The highest BCUT2D eigenvalue weighted by Gasteiger charge is 2.15. The van der Waals surface area contributed by atoms with Gasteiger partial charge in [0.1, 0.15) is 0 Å². The zero-order valence-electron chi connectivity index (χ0n) is 26.5. The molecule has 0 aromatic heterocycles. The van der Waals surface area contributed by atoms with E-state index >= 15 is 0 Å². The Kier molecular flexibility index (Phi) is 12.4. The fourth-order valence-electron chi connectivity index (χ4n) is 4.53. The lowest BCUT2D eigenvalue weighted by Crippen LogP contribution is -2.19. The van der Waals surface area contributed by atoms with E-state index < -0.39 is 0 Å². The van der Waals surface area contributed by atoms with E-state index in [4.69, 9.17) is 0 Å². The number of nitrogens with one attached hydrogen (secondary N) is 4. The first-order chi connectivity index (χ1) is 21.0. The van der Waals surface area contributed by atoms with E-state index in [0.29, 0.717) is 12.8 Å². The van der Waals surface area contributed by atoms with Crippen LogP contribution in [-0.2, 0) is 19.2 Å². The second kappa shape index (κ2) is 16.2. The number of amides is 4. The Morgan fingerprint density at radius 1 is 0.500 bits per heavy atom. The third kappa shape index (κ3) is 9.14. The van der Waals surface area contributed by atoms with Crippen LogP contribution in [0.15, 0.2) is 72.8 Å². The Hall–Kier alpha value is -4.72. The van der Waals surface area contributed by atoms with E-state index in [0.717, 1.165) is 57.1 Å². The second-order valence-electron chi connectivity index (χ2n) is 11.3. The minimum Gasteiger partial charge on any atom is -0.325 e. The number of rotatable bonds is 10. The molecule has 0 saturated heterocycles. The molecule has 0 aliphatic heterocycles. The average molecular weight is 597 g/mol. The Morgan fingerprint density at radius 3 is 1.07 bits per heavy atom. The quantitative estimate of drug-likeness (QED) is 0.147. The van der Waals surface area contributed by atoms with Crippen molar-refractivity contribution in [2.75, 3.05) is 21.3 Å². The number of fused-ring (bicyclic) bond motifs is 2. The summed E-state index contributed by atoms with van der Waals surface area (Å²) in [7, 11) is 0. The van der Waals surface area contributed by atoms with Crippen LogP contribution in [0.3, 0.4) is 0 Å². The van der Waals surface area contributed by atoms with E-state index in [1.165, 1.54) is 0 Å². The Labute approximate surface area is 260 Å². The topological polar surface area (TPSA) is 116 Å². The zero-order chi connectivity index (χ0) is 32.2. The molecule has 0 unspecified atom stereocenters. The molecular weight excluding hydrogens is 552 g/mol. The van der Waals surface area contributed by atoms with Crippen molar-refractivity contribution in [1.82, 2.24) is 0 Å². The van der Waals surface area contributed by atoms with Crippen LogP contribution >= 0.6 is 0 Å². The smallest absolute Gasteiger partial charge is 0.226 e. The molecule has 0 atom stereocenters. The Balaban J connectivity index is 0.000000240. The molecule has 4 aromatic carbocycles. The molecule has 4 aromatic rings. The lowest BCUT2D eigenvalue weighted by molar-refractivity contribution is -0.119. The predicted octanol–water partition coefficient (Wildman–Crippen LogP) is 8.35. The van der Waals surface area contributed by atoms with Gasteiger partial charge in [0.05, 0.1) is 22.7 Å². The summed E-state index contributed by atoms with van der Waals surface area (Å²) in [5, 5.41) is 15.4. The summed E-state index contributed by atoms with van der Waals surface area (Å²) in [4.78, 5) is 47.8. The van der Waals surface area contributed by atoms with Gasteiger partial charge in [-0.25, -0.2) is 0 Å². The van der Waals surface area contributed by atoms with Crippen LogP contribution in [-0.4, -0.2) is 23.6 Å². The maximum atomic E-state index is 12.0. The van der Waals surface area contributed by atoms with Gasteiger partial charge in [-0.3, -0.25) is 19.2 Å². The molecule has 0 saturated carbocycles. The second-order valence-corrected chi connectivity index (χ2v) is 11.3. The van der Waals surface area contributed by atoms with Gasteiger partial charge in [0.25, 0.3) is 0 Å². The van der Waals surface area contributed by atoms with Gasteiger partial charge in [-0.2, -0.15) is 0 Å².